The van der Waals surface area contributed by atoms with E-state index in [-0.39, 0.29) is 0 Å². The van der Waals surface area contributed by atoms with E-state index in [9.17, 15) is 0 Å². The first-order chi connectivity index (χ1) is 8.85. The van der Waals surface area contributed by atoms with Crippen molar-refractivity contribution in [1.29, 1.82) is 0 Å². The van der Waals surface area contributed by atoms with Crippen LogP contribution >= 0.6 is 0 Å². The van der Waals surface area contributed by atoms with E-state index >= 15 is 0 Å². The lowest BCUT2D eigenvalue weighted by atomic mass is 10.0. The van der Waals surface area contributed by atoms with Gasteiger partial charge in [-0.15, -0.1) is 0 Å². The summed E-state index contributed by atoms with van der Waals surface area (Å²) < 4.78 is 5.28. The molecule has 0 spiro atoms. The smallest absolute Gasteiger partial charge is 0.119 e. The van der Waals surface area contributed by atoms with Crippen LogP contribution in [-0.4, -0.2) is 18.6 Å². The summed E-state index contributed by atoms with van der Waals surface area (Å²) in [5, 5.41) is 3.35. The molecule has 0 aliphatic carbocycles. The lowest BCUT2D eigenvalue weighted by molar-refractivity contribution is 0.414. The lowest BCUT2D eigenvalue weighted by Gasteiger charge is -2.12. The fourth-order valence-corrected chi connectivity index (χ4v) is 1.91. The maximum absolute atomic E-state index is 5.28. The van der Waals surface area contributed by atoms with Crippen molar-refractivity contribution in [3.8, 4) is 16.9 Å². The van der Waals surface area contributed by atoms with Crippen molar-refractivity contribution in [2.24, 2.45) is 0 Å². The Kier molecular flexibility index (Phi) is 4.31. The molecule has 2 aromatic rings. The monoisotopic (exact) mass is 242 g/mol. The SMILES string of the molecule is CCNCc1cc(OC)ccc1-c1cccnc1. The largest absolute Gasteiger partial charge is 0.497 e. The predicted octanol–water partition coefficient (Wildman–Crippen LogP) is 2.87. The Hall–Kier alpha value is -1.87. The lowest BCUT2D eigenvalue weighted by Crippen LogP contribution is -2.12. The molecule has 0 aliphatic rings. The maximum Gasteiger partial charge on any atom is 0.119 e. The molecule has 2 rings (SSSR count). The molecule has 1 N–H and O–H groups in total. The summed E-state index contributed by atoms with van der Waals surface area (Å²) in [5.41, 5.74) is 3.56. The van der Waals surface area contributed by atoms with Crippen molar-refractivity contribution in [1.82, 2.24) is 10.3 Å². The maximum atomic E-state index is 5.28. The number of hydrogen-bond acceptors (Lipinski definition) is 3. The Labute approximate surface area is 108 Å². The van der Waals surface area contributed by atoms with Crippen LogP contribution in [-0.2, 0) is 6.54 Å². The van der Waals surface area contributed by atoms with Gasteiger partial charge in [0.1, 0.15) is 5.75 Å². The minimum atomic E-state index is 0.831. The van der Waals surface area contributed by atoms with Gasteiger partial charge in [0.2, 0.25) is 0 Å². The topological polar surface area (TPSA) is 34.1 Å². The van der Waals surface area contributed by atoms with Gasteiger partial charge in [-0.2, -0.15) is 0 Å². The Morgan fingerprint density at radius 2 is 2.17 bits per heavy atom. The molecule has 0 atom stereocenters. The Morgan fingerprint density at radius 1 is 1.28 bits per heavy atom. The van der Waals surface area contributed by atoms with Crippen LogP contribution in [0, 0.1) is 0 Å². The molecule has 0 radical (unpaired) electrons. The molecule has 0 fully saturated rings. The van der Waals surface area contributed by atoms with Gasteiger partial charge in [-0.3, -0.25) is 4.98 Å². The number of methoxy groups -OCH3 is 1. The normalized spacial score (nSPS) is 10.3. The summed E-state index contributed by atoms with van der Waals surface area (Å²) in [6, 6.07) is 10.2. The summed E-state index contributed by atoms with van der Waals surface area (Å²) in [6.07, 6.45) is 3.67. The van der Waals surface area contributed by atoms with Gasteiger partial charge in [-0.25, -0.2) is 0 Å². The molecular weight excluding hydrogens is 224 g/mol. The number of aromatic nitrogens is 1. The highest BCUT2D eigenvalue weighted by atomic mass is 16.5. The molecule has 0 aliphatic heterocycles. The zero-order valence-electron chi connectivity index (χ0n) is 10.8. The summed E-state index contributed by atoms with van der Waals surface area (Å²) >= 11 is 0. The van der Waals surface area contributed by atoms with Crippen LogP contribution in [0.15, 0.2) is 42.7 Å². The van der Waals surface area contributed by atoms with Crippen LogP contribution in [0.25, 0.3) is 11.1 Å². The molecule has 0 saturated heterocycles. The number of benzene rings is 1. The second-order valence-corrected chi connectivity index (χ2v) is 4.05. The minimum Gasteiger partial charge on any atom is -0.497 e. The zero-order valence-corrected chi connectivity index (χ0v) is 10.8. The molecule has 0 bridgehead atoms. The van der Waals surface area contributed by atoms with E-state index in [0.717, 1.165) is 24.4 Å². The summed E-state index contributed by atoms with van der Waals surface area (Å²) in [7, 11) is 1.69. The molecule has 1 heterocycles. The first-order valence-corrected chi connectivity index (χ1v) is 6.13. The first kappa shape index (κ1) is 12.6. The number of hydrogen-bond donors (Lipinski definition) is 1. The van der Waals surface area contributed by atoms with Crippen LogP contribution in [0.5, 0.6) is 5.75 Å². The van der Waals surface area contributed by atoms with Gasteiger partial charge < -0.3 is 10.1 Å². The highest BCUT2D eigenvalue weighted by Crippen LogP contribution is 2.26. The van der Waals surface area contributed by atoms with Crippen LogP contribution in [0.4, 0.5) is 0 Å². The summed E-state index contributed by atoms with van der Waals surface area (Å²) in [6.45, 7) is 3.88. The number of ether oxygens (including phenoxy) is 1. The number of rotatable bonds is 5. The van der Waals surface area contributed by atoms with Crippen LogP contribution in [0.3, 0.4) is 0 Å². The van der Waals surface area contributed by atoms with Crippen LogP contribution in [0.2, 0.25) is 0 Å². The Morgan fingerprint density at radius 3 is 2.83 bits per heavy atom. The second-order valence-electron chi connectivity index (χ2n) is 4.05. The average molecular weight is 242 g/mol. The molecule has 0 amide bonds. The third kappa shape index (κ3) is 2.87. The average Bonchev–Trinajstić information content (AvgIpc) is 2.45. The van der Waals surface area contributed by atoms with E-state index < -0.39 is 0 Å². The second kappa shape index (κ2) is 6.17. The van der Waals surface area contributed by atoms with Gasteiger partial charge in [-0.1, -0.05) is 19.1 Å². The number of nitrogens with one attached hydrogen (secondary N) is 1. The van der Waals surface area contributed by atoms with Crippen LogP contribution < -0.4 is 10.1 Å². The van der Waals surface area contributed by atoms with Gasteiger partial charge in [0.25, 0.3) is 0 Å². The fourth-order valence-electron chi connectivity index (χ4n) is 1.91. The fraction of sp³-hybridized carbons (Fsp3) is 0.267. The van der Waals surface area contributed by atoms with Gasteiger partial charge in [-0.05, 0) is 35.9 Å². The third-order valence-electron chi connectivity index (χ3n) is 2.85. The van der Waals surface area contributed by atoms with E-state index in [1.807, 2.05) is 18.3 Å². The third-order valence-corrected chi connectivity index (χ3v) is 2.85. The van der Waals surface area contributed by atoms with E-state index in [4.69, 9.17) is 4.74 Å². The number of nitrogens with zero attached hydrogens (tertiary/aromatic N) is 1. The van der Waals surface area contributed by atoms with Gasteiger partial charge >= 0.3 is 0 Å². The first-order valence-electron chi connectivity index (χ1n) is 6.13. The van der Waals surface area contributed by atoms with Crippen molar-refractivity contribution in [2.45, 2.75) is 13.5 Å². The molecule has 18 heavy (non-hydrogen) atoms. The Balaban J connectivity index is 2.39. The molecule has 0 saturated carbocycles. The van der Waals surface area contributed by atoms with E-state index in [0.29, 0.717) is 0 Å². The van der Waals surface area contributed by atoms with Crippen molar-refractivity contribution >= 4 is 0 Å². The van der Waals surface area contributed by atoms with E-state index in [1.54, 1.807) is 13.3 Å². The highest BCUT2D eigenvalue weighted by molar-refractivity contribution is 5.67. The molecule has 3 heteroatoms. The van der Waals surface area contributed by atoms with Gasteiger partial charge in [0, 0.05) is 24.5 Å². The molecule has 1 aromatic heterocycles. The minimum absolute atomic E-state index is 0.831. The Bertz CT molecular complexity index is 497. The van der Waals surface area contributed by atoms with Crippen LogP contribution in [0.1, 0.15) is 12.5 Å². The standard InChI is InChI=1S/C15H18N2O/c1-3-16-11-13-9-14(18-2)6-7-15(13)12-5-4-8-17-10-12/h4-10,16H,3,11H2,1-2H3. The molecule has 1 aromatic carbocycles. The molecule has 0 unspecified atom stereocenters. The summed E-state index contributed by atoms with van der Waals surface area (Å²) in [4.78, 5) is 4.17. The summed E-state index contributed by atoms with van der Waals surface area (Å²) in [5.74, 6) is 0.885. The van der Waals surface area contributed by atoms with E-state index in [2.05, 4.69) is 35.4 Å². The van der Waals surface area contributed by atoms with Crippen molar-refractivity contribution in [3.05, 3.63) is 48.3 Å². The van der Waals surface area contributed by atoms with Crippen molar-refractivity contribution in [2.75, 3.05) is 13.7 Å². The van der Waals surface area contributed by atoms with Crippen molar-refractivity contribution < 1.29 is 4.74 Å². The van der Waals surface area contributed by atoms with Crippen molar-refractivity contribution in [3.63, 3.8) is 0 Å². The van der Waals surface area contributed by atoms with Gasteiger partial charge in [0.15, 0.2) is 0 Å². The van der Waals surface area contributed by atoms with E-state index in [1.165, 1.54) is 11.1 Å². The molecule has 94 valence electrons. The number of pyridine rings is 1. The quantitative estimate of drug-likeness (QED) is 0.875. The van der Waals surface area contributed by atoms with Gasteiger partial charge in [0.05, 0.1) is 7.11 Å². The molecule has 3 nitrogen and oxygen atoms in total. The predicted molar refractivity (Wildman–Crippen MR) is 73.6 cm³/mol. The zero-order chi connectivity index (χ0) is 12.8. The highest BCUT2D eigenvalue weighted by Gasteiger charge is 2.06. The molecular formula is C15H18N2O.